The number of H-pyrrole nitrogens is 1. The molecule has 21 heavy (non-hydrogen) atoms. The van der Waals surface area contributed by atoms with Gasteiger partial charge in [-0.1, -0.05) is 0 Å². The third-order valence-electron chi connectivity index (χ3n) is 2.67. The molecule has 0 saturated heterocycles. The summed E-state index contributed by atoms with van der Waals surface area (Å²) in [5.74, 6) is 0. The monoisotopic (exact) mass is 299 g/mol. The second-order valence-corrected chi connectivity index (χ2v) is 5.81. The number of alkyl halides is 3. The van der Waals surface area contributed by atoms with Gasteiger partial charge in [-0.25, -0.2) is 4.79 Å². The summed E-state index contributed by atoms with van der Waals surface area (Å²) in [4.78, 5) is 14.0. The molecule has 0 aliphatic rings. The molecule has 1 heterocycles. The third kappa shape index (κ3) is 3.90. The molecule has 0 fully saturated rings. The van der Waals surface area contributed by atoms with Crippen molar-refractivity contribution in [2.75, 3.05) is 5.32 Å². The Kier molecular flexibility index (Phi) is 3.61. The molecule has 2 rings (SSSR count). The van der Waals surface area contributed by atoms with Crippen LogP contribution in [-0.4, -0.2) is 16.6 Å². The van der Waals surface area contributed by atoms with Gasteiger partial charge < -0.3 is 15.6 Å². The summed E-state index contributed by atoms with van der Waals surface area (Å²) in [6.07, 6.45) is -4.42. The Morgan fingerprint density at radius 2 is 1.81 bits per heavy atom. The maximum absolute atomic E-state index is 12.6. The quantitative estimate of drug-likeness (QED) is 0.729. The van der Waals surface area contributed by atoms with Crippen LogP contribution < -0.4 is 10.6 Å². The molecule has 114 valence electrons. The highest BCUT2D eigenvalue weighted by atomic mass is 19.4. The smallest absolute Gasteiger partial charge is 0.351 e. The molecule has 2 amide bonds. The molecule has 0 bridgehead atoms. The van der Waals surface area contributed by atoms with E-state index < -0.39 is 23.4 Å². The molecule has 2 aromatic rings. The van der Waals surface area contributed by atoms with Gasteiger partial charge >= 0.3 is 12.2 Å². The Hall–Kier alpha value is -2.18. The fraction of sp³-hybridized carbons (Fsp3) is 0.357. The van der Waals surface area contributed by atoms with Gasteiger partial charge in [0.2, 0.25) is 0 Å². The number of hydrogen-bond acceptors (Lipinski definition) is 1. The van der Waals surface area contributed by atoms with Crippen LogP contribution in [-0.2, 0) is 6.18 Å². The summed E-state index contributed by atoms with van der Waals surface area (Å²) in [5.41, 5.74) is -0.416. The number of anilines is 1. The van der Waals surface area contributed by atoms with Crippen LogP contribution in [0.4, 0.5) is 23.7 Å². The lowest BCUT2D eigenvalue weighted by molar-refractivity contribution is -0.140. The van der Waals surface area contributed by atoms with Gasteiger partial charge in [0, 0.05) is 22.1 Å². The Morgan fingerprint density at radius 3 is 2.38 bits per heavy atom. The second-order valence-electron chi connectivity index (χ2n) is 5.81. The van der Waals surface area contributed by atoms with Gasteiger partial charge in [-0.2, -0.15) is 13.2 Å². The molecule has 4 nitrogen and oxygen atoms in total. The van der Waals surface area contributed by atoms with Crippen molar-refractivity contribution in [3.8, 4) is 0 Å². The molecule has 0 atom stereocenters. The van der Waals surface area contributed by atoms with E-state index in [4.69, 9.17) is 0 Å². The van der Waals surface area contributed by atoms with E-state index in [0.29, 0.717) is 16.6 Å². The number of aromatic amines is 1. The minimum Gasteiger partial charge on any atom is -0.351 e. The number of rotatable bonds is 1. The average molecular weight is 299 g/mol. The van der Waals surface area contributed by atoms with Crippen LogP contribution in [0.3, 0.4) is 0 Å². The van der Waals surface area contributed by atoms with Crippen LogP contribution in [0.25, 0.3) is 10.9 Å². The zero-order valence-corrected chi connectivity index (χ0v) is 11.9. The third-order valence-corrected chi connectivity index (χ3v) is 2.67. The first-order chi connectivity index (χ1) is 9.54. The highest BCUT2D eigenvalue weighted by Gasteiger charge is 2.32. The van der Waals surface area contributed by atoms with E-state index in [1.807, 2.05) is 20.8 Å². The van der Waals surface area contributed by atoms with Crippen LogP contribution in [0.1, 0.15) is 26.5 Å². The molecule has 1 aromatic heterocycles. The summed E-state index contributed by atoms with van der Waals surface area (Å²) in [6.45, 7) is 5.49. The van der Waals surface area contributed by atoms with Crippen molar-refractivity contribution in [2.24, 2.45) is 0 Å². The number of halogens is 3. The molecule has 0 aliphatic carbocycles. The standard InChI is InChI=1S/C14H16F3N3O/c1-13(2,3)20-12(21)18-9-4-5-10-8(6-9)7-11(19-10)14(15,16)17/h4-7,19H,1-3H3,(H2,18,20,21). The molecule has 1 aromatic carbocycles. The van der Waals surface area contributed by atoms with Gasteiger partial charge in [-0.05, 0) is 45.0 Å². The molecule has 7 heteroatoms. The fourth-order valence-electron chi connectivity index (χ4n) is 1.87. The lowest BCUT2D eigenvalue weighted by atomic mass is 10.1. The van der Waals surface area contributed by atoms with Gasteiger partial charge in [0.15, 0.2) is 0 Å². The summed E-state index contributed by atoms with van der Waals surface area (Å²) in [7, 11) is 0. The summed E-state index contributed by atoms with van der Waals surface area (Å²) < 4.78 is 37.8. The summed E-state index contributed by atoms with van der Waals surface area (Å²) in [5, 5.41) is 5.69. The van der Waals surface area contributed by atoms with Crippen molar-refractivity contribution >= 4 is 22.6 Å². The van der Waals surface area contributed by atoms with Crippen LogP contribution >= 0.6 is 0 Å². The van der Waals surface area contributed by atoms with Crippen LogP contribution in [0.5, 0.6) is 0 Å². The van der Waals surface area contributed by atoms with E-state index in [-0.39, 0.29) is 0 Å². The average Bonchev–Trinajstić information content (AvgIpc) is 2.68. The van der Waals surface area contributed by atoms with Crippen molar-refractivity contribution < 1.29 is 18.0 Å². The SMILES string of the molecule is CC(C)(C)NC(=O)Nc1ccc2[nH]c(C(F)(F)F)cc2c1. The fourth-order valence-corrected chi connectivity index (χ4v) is 1.87. The molecular formula is C14H16F3N3O. The zero-order valence-electron chi connectivity index (χ0n) is 11.9. The number of carbonyl (C=O) groups is 1. The van der Waals surface area contributed by atoms with E-state index in [9.17, 15) is 18.0 Å². The van der Waals surface area contributed by atoms with Crippen molar-refractivity contribution in [3.05, 3.63) is 30.0 Å². The second kappa shape index (κ2) is 4.98. The van der Waals surface area contributed by atoms with Crippen molar-refractivity contribution in [1.29, 1.82) is 0 Å². The first kappa shape index (κ1) is 15.2. The molecule has 3 N–H and O–H groups in total. The van der Waals surface area contributed by atoms with E-state index in [0.717, 1.165) is 6.07 Å². The molecule has 0 saturated carbocycles. The minimum atomic E-state index is -4.42. The predicted octanol–water partition coefficient (Wildman–Crippen LogP) is 4.11. The maximum Gasteiger partial charge on any atom is 0.431 e. The van der Waals surface area contributed by atoms with Crippen molar-refractivity contribution in [3.63, 3.8) is 0 Å². The number of amides is 2. The molecule has 0 spiro atoms. The van der Waals surface area contributed by atoms with Gasteiger partial charge in [-0.3, -0.25) is 0 Å². The number of nitrogens with one attached hydrogen (secondary N) is 3. The van der Waals surface area contributed by atoms with Gasteiger partial charge in [0.1, 0.15) is 5.69 Å². The molecule has 0 unspecified atom stereocenters. The first-order valence-electron chi connectivity index (χ1n) is 6.34. The lowest BCUT2D eigenvalue weighted by Gasteiger charge is -2.20. The van der Waals surface area contributed by atoms with E-state index in [2.05, 4.69) is 15.6 Å². The van der Waals surface area contributed by atoms with Crippen LogP contribution in [0, 0.1) is 0 Å². The Morgan fingerprint density at radius 1 is 1.14 bits per heavy atom. The van der Waals surface area contributed by atoms with Gasteiger partial charge in [0.25, 0.3) is 0 Å². The molecule has 0 aliphatic heterocycles. The van der Waals surface area contributed by atoms with E-state index >= 15 is 0 Å². The van der Waals surface area contributed by atoms with Crippen molar-refractivity contribution in [1.82, 2.24) is 10.3 Å². The van der Waals surface area contributed by atoms with Gasteiger partial charge in [-0.15, -0.1) is 0 Å². The van der Waals surface area contributed by atoms with Crippen molar-refractivity contribution in [2.45, 2.75) is 32.5 Å². The Balaban J connectivity index is 2.21. The summed E-state index contributed by atoms with van der Waals surface area (Å²) in [6, 6.07) is 5.14. The minimum absolute atomic E-state index is 0.365. The molecular weight excluding hydrogens is 283 g/mol. The number of aromatic nitrogens is 1. The number of urea groups is 1. The number of hydrogen-bond donors (Lipinski definition) is 3. The van der Waals surface area contributed by atoms with Gasteiger partial charge in [0.05, 0.1) is 0 Å². The summed E-state index contributed by atoms with van der Waals surface area (Å²) >= 11 is 0. The number of fused-ring (bicyclic) bond motifs is 1. The Labute approximate surface area is 119 Å². The van der Waals surface area contributed by atoms with Crippen LogP contribution in [0.15, 0.2) is 24.3 Å². The topological polar surface area (TPSA) is 56.9 Å². The maximum atomic E-state index is 12.6. The van der Waals surface area contributed by atoms with E-state index in [1.54, 1.807) is 6.07 Å². The zero-order chi connectivity index (χ0) is 15.8. The predicted molar refractivity (Wildman–Crippen MR) is 75.2 cm³/mol. The normalized spacial score (nSPS) is 12.5. The number of carbonyl (C=O) groups excluding carboxylic acids is 1. The molecule has 0 radical (unpaired) electrons. The highest BCUT2D eigenvalue weighted by molar-refractivity contribution is 5.93. The largest absolute Gasteiger partial charge is 0.431 e. The number of benzene rings is 1. The lowest BCUT2D eigenvalue weighted by Crippen LogP contribution is -2.43. The van der Waals surface area contributed by atoms with Crippen LogP contribution in [0.2, 0.25) is 0 Å². The Bertz CT molecular complexity index is 668. The van der Waals surface area contributed by atoms with E-state index in [1.165, 1.54) is 12.1 Å². The highest BCUT2D eigenvalue weighted by Crippen LogP contribution is 2.31. The first-order valence-corrected chi connectivity index (χ1v) is 6.34.